The van der Waals surface area contributed by atoms with Gasteiger partial charge in [-0.05, 0) is 44.1 Å². The fourth-order valence-electron chi connectivity index (χ4n) is 3.10. The minimum Gasteiger partial charge on any atom is -0.366 e. The zero-order valence-electron chi connectivity index (χ0n) is 15.0. The Kier molecular flexibility index (Phi) is 5.03. The fraction of sp³-hybridized carbons (Fsp3) is 0.333. The summed E-state index contributed by atoms with van der Waals surface area (Å²) in [6.45, 7) is 3.74. The number of fused-ring (bicyclic) bond motifs is 1. The van der Waals surface area contributed by atoms with Gasteiger partial charge in [-0.2, -0.15) is 0 Å². The molecule has 0 saturated heterocycles. The van der Waals surface area contributed by atoms with E-state index >= 15 is 0 Å². The second-order valence-corrected chi connectivity index (χ2v) is 6.66. The lowest BCUT2D eigenvalue weighted by molar-refractivity contribution is 0.0647. The van der Waals surface area contributed by atoms with Gasteiger partial charge >= 0.3 is 0 Å². The van der Waals surface area contributed by atoms with Crippen LogP contribution in [-0.4, -0.2) is 36.7 Å². The van der Waals surface area contributed by atoms with Crippen LogP contribution in [0.3, 0.4) is 0 Å². The Hall–Kier alpha value is -2.10. The molecule has 1 unspecified atom stereocenters. The van der Waals surface area contributed by atoms with E-state index in [1.807, 2.05) is 0 Å². The number of para-hydroxylation sites is 1. The fourth-order valence-corrected chi connectivity index (χ4v) is 3.10. The van der Waals surface area contributed by atoms with Gasteiger partial charge in [-0.15, -0.1) is 0 Å². The van der Waals surface area contributed by atoms with Crippen LogP contribution in [0.1, 0.15) is 22.9 Å². The van der Waals surface area contributed by atoms with Crippen molar-refractivity contribution in [2.24, 2.45) is 7.05 Å². The molecule has 0 fully saturated rings. The number of hydrogen-bond acceptors (Lipinski definition) is 2. The summed E-state index contributed by atoms with van der Waals surface area (Å²) >= 11 is 0. The Bertz CT molecular complexity index is 820. The van der Waals surface area contributed by atoms with Crippen LogP contribution in [0, 0.1) is 6.92 Å². The van der Waals surface area contributed by atoms with Crippen molar-refractivity contribution in [3.8, 4) is 0 Å². The minimum absolute atomic E-state index is 0.0535. The molecule has 3 aromatic rings. The van der Waals surface area contributed by atoms with Crippen LogP contribution in [0.15, 0.2) is 54.6 Å². The molecule has 0 aliphatic rings. The van der Waals surface area contributed by atoms with Crippen LogP contribution in [0.2, 0.25) is 0 Å². The summed E-state index contributed by atoms with van der Waals surface area (Å²) in [5.74, 6) is 0. The van der Waals surface area contributed by atoms with Gasteiger partial charge in [-0.3, -0.25) is 0 Å². The highest BCUT2D eigenvalue weighted by molar-refractivity contribution is 5.81. The first kappa shape index (κ1) is 16.7. The van der Waals surface area contributed by atoms with E-state index in [-0.39, 0.29) is 6.10 Å². The highest BCUT2D eigenvalue weighted by atomic mass is 16.5. The largest absolute Gasteiger partial charge is 0.366 e. The molecule has 3 rings (SSSR count). The summed E-state index contributed by atoms with van der Waals surface area (Å²) in [6, 6.07) is 19.3. The minimum atomic E-state index is -0.0535. The summed E-state index contributed by atoms with van der Waals surface area (Å²) in [6.07, 6.45) is -0.0535. The molecule has 0 bridgehead atoms. The molecule has 0 N–H and O–H groups in total. The van der Waals surface area contributed by atoms with E-state index < -0.39 is 0 Å². The van der Waals surface area contributed by atoms with Crippen LogP contribution in [0.5, 0.6) is 0 Å². The molecule has 3 nitrogen and oxygen atoms in total. The third-order valence-corrected chi connectivity index (χ3v) is 4.43. The Balaban J connectivity index is 2.00. The van der Waals surface area contributed by atoms with Gasteiger partial charge in [-0.25, -0.2) is 0 Å². The highest BCUT2D eigenvalue weighted by Crippen LogP contribution is 2.31. The Morgan fingerprint density at radius 2 is 1.83 bits per heavy atom. The predicted octanol–water partition coefficient (Wildman–Crippen LogP) is 4.15. The lowest BCUT2D eigenvalue weighted by Gasteiger charge is -2.21. The summed E-state index contributed by atoms with van der Waals surface area (Å²) < 4.78 is 8.58. The predicted molar refractivity (Wildman–Crippen MR) is 100 cm³/mol. The van der Waals surface area contributed by atoms with Gasteiger partial charge < -0.3 is 14.2 Å². The second-order valence-electron chi connectivity index (χ2n) is 6.66. The molecule has 0 aliphatic heterocycles. The van der Waals surface area contributed by atoms with E-state index in [9.17, 15) is 0 Å². The van der Waals surface area contributed by atoms with E-state index in [1.54, 1.807) is 0 Å². The van der Waals surface area contributed by atoms with Crippen LogP contribution in [-0.2, 0) is 11.8 Å². The van der Waals surface area contributed by atoms with Crippen LogP contribution >= 0.6 is 0 Å². The van der Waals surface area contributed by atoms with E-state index in [0.717, 1.165) is 6.54 Å². The normalized spacial score (nSPS) is 12.9. The van der Waals surface area contributed by atoms with E-state index in [2.05, 4.69) is 92.1 Å². The third kappa shape index (κ3) is 3.53. The molecule has 2 aromatic carbocycles. The van der Waals surface area contributed by atoms with E-state index in [1.165, 1.54) is 27.7 Å². The molecule has 126 valence electrons. The molecule has 1 aromatic heterocycles. The molecule has 0 radical (unpaired) electrons. The molecule has 3 heteroatoms. The first-order chi connectivity index (χ1) is 11.6. The van der Waals surface area contributed by atoms with Gasteiger partial charge in [0.15, 0.2) is 0 Å². The topological polar surface area (TPSA) is 17.4 Å². The Morgan fingerprint density at radius 3 is 2.54 bits per heavy atom. The quantitative estimate of drug-likeness (QED) is 0.678. The molecular weight excluding hydrogens is 296 g/mol. The Labute approximate surface area is 144 Å². The SMILES string of the molecule is Cc1cccc(C(OCCN(C)C)c2cc3ccccc3n2C)c1. The van der Waals surface area contributed by atoms with Crippen LogP contribution in [0.25, 0.3) is 10.9 Å². The summed E-state index contributed by atoms with van der Waals surface area (Å²) in [5.41, 5.74) is 4.90. The van der Waals surface area contributed by atoms with Crippen LogP contribution in [0.4, 0.5) is 0 Å². The van der Waals surface area contributed by atoms with Crippen molar-refractivity contribution in [1.29, 1.82) is 0 Å². The van der Waals surface area contributed by atoms with Gasteiger partial charge in [-0.1, -0.05) is 48.0 Å². The maximum absolute atomic E-state index is 6.33. The standard InChI is InChI=1S/C21H26N2O/c1-16-8-7-10-18(14-16)21(24-13-12-22(2)3)20-15-17-9-5-6-11-19(17)23(20)4/h5-11,14-15,21H,12-13H2,1-4H3. The monoisotopic (exact) mass is 322 g/mol. The molecule has 1 heterocycles. The number of aryl methyl sites for hydroxylation is 2. The number of benzene rings is 2. The summed E-state index contributed by atoms with van der Waals surface area (Å²) in [7, 11) is 6.26. The number of likely N-dealkylation sites (N-methyl/N-ethyl adjacent to an activating group) is 1. The molecule has 1 atom stereocenters. The highest BCUT2D eigenvalue weighted by Gasteiger charge is 2.19. The molecule has 0 saturated carbocycles. The van der Waals surface area contributed by atoms with Gasteiger partial charge in [0.2, 0.25) is 0 Å². The smallest absolute Gasteiger partial charge is 0.123 e. The molecule has 0 amide bonds. The third-order valence-electron chi connectivity index (χ3n) is 4.43. The van der Waals surface area contributed by atoms with Gasteiger partial charge in [0.1, 0.15) is 6.10 Å². The van der Waals surface area contributed by atoms with Gasteiger partial charge in [0, 0.05) is 19.1 Å². The zero-order chi connectivity index (χ0) is 17.1. The summed E-state index contributed by atoms with van der Waals surface area (Å²) in [4.78, 5) is 2.15. The summed E-state index contributed by atoms with van der Waals surface area (Å²) in [5, 5.41) is 1.25. The van der Waals surface area contributed by atoms with Crippen molar-refractivity contribution in [1.82, 2.24) is 9.47 Å². The lowest BCUT2D eigenvalue weighted by Crippen LogP contribution is -2.20. The Morgan fingerprint density at radius 1 is 1.04 bits per heavy atom. The molecule has 0 spiro atoms. The maximum atomic E-state index is 6.33. The number of hydrogen-bond donors (Lipinski definition) is 0. The van der Waals surface area contributed by atoms with Gasteiger partial charge in [0.25, 0.3) is 0 Å². The average molecular weight is 322 g/mol. The van der Waals surface area contributed by atoms with Crippen molar-refractivity contribution in [2.45, 2.75) is 13.0 Å². The lowest BCUT2D eigenvalue weighted by atomic mass is 10.0. The van der Waals surface area contributed by atoms with E-state index in [0.29, 0.717) is 6.61 Å². The van der Waals surface area contributed by atoms with Crippen molar-refractivity contribution >= 4 is 10.9 Å². The molecule has 0 aliphatic carbocycles. The molecule has 24 heavy (non-hydrogen) atoms. The number of rotatable bonds is 6. The van der Waals surface area contributed by atoms with Crippen molar-refractivity contribution in [3.63, 3.8) is 0 Å². The number of nitrogens with zero attached hydrogens (tertiary/aromatic N) is 2. The van der Waals surface area contributed by atoms with Gasteiger partial charge in [0.05, 0.1) is 12.3 Å². The maximum Gasteiger partial charge on any atom is 0.123 e. The first-order valence-electron chi connectivity index (χ1n) is 8.43. The van der Waals surface area contributed by atoms with Crippen molar-refractivity contribution in [2.75, 3.05) is 27.2 Å². The zero-order valence-corrected chi connectivity index (χ0v) is 15.0. The van der Waals surface area contributed by atoms with E-state index in [4.69, 9.17) is 4.74 Å². The number of ether oxygens (including phenoxy) is 1. The molecular formula is C21H26N2O. The van der Waals surface area contributed by atoms with Crippen LogP contribution < -0.4 is 0 Å². The number of aromatic nitrogens is 1. The average Bonchev–Trinajstić information content (AvgIpc) is 2.88. The second kappa shape index (κ2) is 7.20. The van der Waals surface area contributed by atoms with Crippen molar-refractivity contribution < 1.29 is 4.74 Å². The first-order valence-corrected chi connectivity index (χ1v) is 8.43. The van der Waals surface area contributed by atoms with Crippen molar-refractivity contribution in [3.05, 3.63) is 71.4 Å².